The Kier molecular flexibility index (Phi) is 12.5. The third-order valence-corrected chi connectivity index (χ3v) is 0.333. The average Bonchev–Trinajstić information content (AvgIpc) is 0.722. The molecule has 2 nitrogen and oxygen atoms in total. The molecular formula is C2H6Na2O2. The van der Waals surface area contributed by atoms with Crippen molar-refractivity contribution in [3.8, 4) is 0 Å². The molecule has 0 aromatic carbocycles. The van der Waals surface area contributed by atoms with Crippen LogP contribution in [-0.4, -0.2) is 72.7 Å². The third kappa shape index (κ3) is 4.09. The zero-order valence-corrected chi connectivity index (χ0v) is 2.23. The zero-order valence-electron chi connectivity index (χ0n) is 2.23. The van der Waals surface area contributed by atoms with Crippen LogP contribution >= 0.6 is 0 Å². The van der Waals surface area contributed by atoms with Crippen LogP contribution in [0.1, 0.15) is 0 Å². The fourth-order valence-electron chi connectivity index (χ4n) is 0.0833. The number of ether oxygens (including phenoxy) is 2. The molecule has 0 aromatic heterocycles. The predicted octanol–water partition coefficient (Wildman–Crippen LogP) is -1.35. The molecule has 0 unspecified atom stereocenters. The molecule has 4 heteroatoms. The van der Waals surface area contributed by atoms with Gasteiger partial charge in [0.25, 0.3) is 0 Å². The molecule has 0 radical (unpaired) electrons. The molecule has 0 N–H and O–H groups in total. The molecule has 1 aliphatic rings. The summed E-state index contributed by atoms with van der Waals surface area (Å²) in [5.74, 6) is 0. The van der Waals surface area contributed by atoms with E-state index in [1.54, 1.807) is 0 Å². The summed E-state index contributed by atoms with van der Waals surface area (Å²) in [7, 11) is 0. The Balaban J connectivity index is 0. The topological polar surface area (TPSA) is 18.5 Å². The predicted molar refractivity (Wildman–Crippen MR) is 26.2 cm³/mol. The molecule has 0 aliphatic carbocycles. The van der Waals surface area contributed by atoms with E-state index in [0.29, 0.717) is 13.6 Å². The summed E-state index contributed by atoms with van der Waals surface area (Å²) >= 11 is 0. The summed E-state index contributed by atoms with van der Waals surface area (Å²) in [5, 5.41) is 0. The van der Waals surface area contributed by atoms with Crippen LogP contribution in [0, 0.1) is 0 Å². The van der Waals surface area contributed by atoms with E-state index in [1.165, 1.54) is 0 Å². The second-order valence-electron chi connectivity index (χ2n) is 0.644. The van der Waals surface area contributed by atoms with Crippen molar-refractivity contribution in [2.75, 3.05) is 13.6 Å². The summed E-state index contributed by atoms with van der Waals surface area (Å²) in [5.41, 5.74) is 0. The second-order valence-corrected chi connectivity index (χ2v) is 0.644. The van der Waals surface area contributed by atoms with E-state index >= 15 is 0 Å². The zero-order chi connectivity index (χ0) is 2.83. The minimum atomic E-state index is 0. The maximum absolute atomic E-state index is 4.50. The van der Waals surface area contributed by atoms with Crippen LogP contribution < -0.4 is 0 Å². The van der Waals surface area contributed by atoms with Gasteiger partial charge >= 0.3 is 59.1 Å². The van der Waals surface area contributed by atoms with Crippen LogP contribution in [-0.2, 0) is 9.47 Å². The van der Waals surface area contributed by atoms with Crippen molar-refractivity contribution >= 4 is 59.1 Å². The Labute approximate surface area is 81.2 Å². The number of hydrogen-bond acceptors (Lipinski definition) is 2. The monoisotopic (exact) mass is 108 g/mol. The molecule has 28 valence electrons. The van der Waals surface area contributed by atoms with E-state index in [2.05, 4.69) is 9.47 Å². The van der Waals surface area contributed by atoms with Crippen molar-refractivity contribution in [3.63, 3.8) is 0 Å². The van der Waals surface area contributed by atoms with Crippen LogP contribution in [0.4, 0.5) is 0 Å². The van der Waals surface area contributed by atoms with Crippen molar-refractivity contribution in [2.45, 2.75) is 0 Å². The number of hydrogen-bond donors (Lipinski definition) is 0. The maximum atomic E-state index is 4.50. The van der Waals surface area contributed by atoms with Gasteiger partial charge < -0.3 is 9.47 Å². The Morgan fingerprint density at radius 3 is 1.00 bits per heavy atom. The summed E-state index contributed by atoms with van der Waals surface area (Å²) in [6, 6.07) is 0. The van der Waals surface area contributed by atoms with Gasteiger partial charge in [-0.05, 0) is 0 Å². The molecule has 6 heavy (non-hydrogen) atoms. The first-order valence-corrected chi connectivity index (χ1v) is 1.15. The molecule has 0 atom stereocenters. The van der Waals surface area contributed by atoms with Crippen LogP contribution in [0.2, 0.25) is 0 Å². The molecule has 0 bridgehead atoms. The van der Waals surface area contributed by atoms with Gasteiger partial charge in [-0.2, -0.15) is 0 Å². The molecular weight excluding hydrogens is 102 g/mol. The fourth-order valence-corrected chi connectivity index (χ4v) is 0.0833. The molecule has 0 saturated carbocycles. The van der Waals surface area contributed by atoms with E-state index in [9.17, 15) is 0 Å². The summed E-state index contributed by atoms with van der Waals surface area (Å²) < 4.78 is 9.00. The van der Waals surface area contributed by atoms with E-state index in [1.807, 2.05) is 0 Å². The van der Waals surface area contributed by atoms with Gasteiger partial charge in [-0.15, -0.1) is 0 Å². The molecule has 1 saturated heterocycles. The molecule has 1 heterocycles. The van der Waals surface area contributed by atoms with Gasteiger partial charge in [-0.25, -0.2) is 0 Å². The molecule has 1 fully saturated rings. The van der Waals surface area contributed by atoms with E-state index < -0.39 is 0 Å². The van der Waals surface area contributed by atoms with E-state index in [4.69, 9.17) is 0 Å². The molecule has 0 spiro atoms. The van der Waals surface area contributed by atoms with Crippen LogP contribution in [0.3, 0.4) is 0 Å². The molecule has 0 aromatic rings. The van der Waals surface area contributed by atoms with Gasteiger partial charge in [-0.1, -0.05) is 0 Å². The third-order valence-electron chi connectivity index (χ3n) is 0.333. The Bertz CT molecular complexity index is 17.5. The first-order chi connectivity index (χ1) is 2.00. The first-order valence-electron chi connectivity index (χ1n) is 1.15. The van der Waals surface area contributed by atoms with Crippen molar-refractivity contribution in [3.05, 3.63) is 0 Å². The van der Waals surface area contributed by atoms with Crippen molar-refractivity contribution in [1.29, 1.82) is 0 Å². The summed E-state index contributed by atoms with van der Waals surface area (Å²) in [4.78, 5) is 0. The average molecular weight is 108 g/mol. The Morgan fingerprint density at radius 1 is 0.833 bits per heavy atom. The fraction of sp³-hybridized carbons (Fsp3) is 1.00. The van der Waals surface area contributed by atoms with Gasteiger partial charge in [0.05, 0.1) is 0 Å². The van der Waals surface area contributed by atoms with Gasteiger partial charge in [0.1, 0.15) is 0 Å². The van der Waals surface area contributed by atoms with Gasteiger partial charge in [0.2, 0.25) is 0 Å². The minimum absolute atomic E-state index is 0. The van der Waals surface area contributed by atoms with Crippen molar-refractivity contribution in [2.24, 2.45) is 0 Å². The van der Waals surface area contributed by atoms with Crippen molar-refractivity contribution in [1.82, 2.24) is 0 Å². The van der Waals surface area contributed by atoms with Crippen LogP contribution in [0.5, 0.6) is 0 Å². The van der Waals surface area contributed by atoms with E-state index in [0.717, 1.165) is 0 Å². The van der Waals surface area contributed by atoms with Crippen molar-refractivity contribution < 1.29 is 9.47 Å². The SMILES string of the molecule is C1OCO1.[NaH].[NaH]. The normalized spacial score (nSPS) is 16.0. The Morgan fingerprint density at radius 2 is 1.00 bits per heavy atom. The van der Waals surface area contributed by atoms with Crippen LogP contribution in [0.15, 0.2) is 0 Å². The molecule has 1 aliphatic heterocycles. The van der Waals surface area contributed by atoms with Gasteiger partial charge in [0, 0.05) is 0 Å². The molecule has 1 rings (SSSR count). The Hall–Kier alpha value is 1.92. The van der Waals surface area contributed by atoms with Gasteiger partial charge in [0.15, 0.2) is 13.6 Å². The summed E-state index contributed by atoms with van der Waals surface area (Å²) in [6.45, 7) is 1.00. The van der Waals surface area contributed by atoms with Gasteiger partial charge in [-0.3, -0.25) is 0 Å². The van der Waals surface area contributed by atoms with E-state index in [-0.39, 0.29) is 59.1 Å². The summed E-state index contributed by atoms with van der Waals surface area (Å²) in [6.07, 6.45) is 0. The number of rotatable bonds is 0. The molecule has 0 amide bonds. The standard InChI is InChI=1S/C2H4O2.2Na.2H/c1-3-2-4-1;;;;/h1-2H2;;;;. The first kappa shape index (κ1) is 10.8. The second kappa shape index (κ2) is 6.92. The van der Waals surface area contributed by atoms with Crippen LogP contribution in [0.25, 0.3) is 0 Å². The quantitative estimate of drug-likeness (QED) is 0.357.